The van der Waals surface area contributed by atoms with Gasteiger partial charge in [-0.1, -0.05) is 11.6 Å². The van der Waals surface area contributed by atoms with Gasteiger partial charge in [-0.05, 0) is 17.0 Å². The molecule has 1 rings (SSSR count). The van der Waals surface area contributed by atoms with E-state index >= 15 is 0 Å². The molecule has 0 radical (unpaired) electrons. The molecule has 9 heavy (non-hydrogen) atoms. The second kappa shape index (κ2) is 2.86. The van der Waals surface area contributed by atoms with Crippen LogP contribution in [0.2, 0.25) is 4.34 Å². The average molecular weight is 158 g/mol. The van der Waals surface area contributed by atoms with E-state index in [0.717, 1.165) is 9.90 Å². The van der Waals surface area contributed by atoms with Crippen LogP contribution in [0.5, 0.6) is 0 Å². The normalized spacial score (nSPS) is 8.89. The van der Waals surface area contributed by atoms with Gasteiger partial charge in [-0.3, -0.25) is 0 Å². The Kier molecular flexibility index (Phi) is 2.10. The predicted molar refractivity (Wildman–Crippen MR) is 38.6 cm³/mol. The second-order valence-electron chi connectivity index (χ2n) is 1.55. The Balaban J connectivity index is 2.84. The van der Waals surface area contributed by atoms with Gasteiger partial charge in [0.15, 0.2) is 0 Å². The second-order valence-corrected chi connectivity index (χ2v) is 3.07. The lowest BCUT2D eigenvalue weighted by Crippen LogP contribution is -1.73. The summed E-state index contributed by atoms with van der Waals surface area (Å²) in [5, 5.41) is 10.1. The average Bonchev–Trinajstić information content (AvgIpc) is 2.18. The minimum atomic E-state index is 0.419. The Bertz CT molecular complexity index is 235. The highest BCUT2D eigenvalue weighted by Gasteiger charge is 1.97. The van der Waals surface area contributed by atoms with Crippen molar-refractivity contribution >= 4 is 22.9 Å². The zero-order valence-electron chi connectivity index (χ0n) is 4.60. The molecule has 0 atom stereocenters. The lowest BCUT2D eigenvalue weighted by Gasteiger charge is -1.83. The molecule has 0 saturated heterocycles. The van der Waals surface area contributed by atoms with E-state index in [1.54, 1.807) is 0 Å². The van der Waals surface area contributed by atoms with Crippen LogP contribution in [0.3, 0.4) is 0 Å². The van der Waals surface area contributed by atoms with Gasteiger partial charge in [0, 0.05) is 0 Å². The molecule has 0 spiro atoms. The lowest BCUT2D eigenvalue weighted by molar-refractivity contribution is 1.29. The standard InChI is InChI=1S/C6H4ClNS/c7-6-5(1-3-8)2-4-9-6/h2,4H,1H2. The molecule has 0 aliphatic heterocycles. The molecule has 46 valence electrons. The largest absolute Gasteiger partial charge is 0.198 e. The van der Waals surface area contributed by atoms with E-state index in [4.69, 9.17) is 16.9 Å². The molecule has 0 aliphatic carbocycles. The van der Waals surface area contributed by atoms with Crippen molar-refractivity contribution in [1.82, 2.24) is 0 Å². The molecule has 1 nitrogen and oxygen atoms in total. The third-order valence-corrected chi connectivity index (χ3v) is 2.21. The number of halogens is 1. The number of hydrogen-bond acceptors (Lipinski definition) is 2. The summed E-state index contributed by atoms with van der Waals surface area (Å²) in [6, 6.07) is 3.90. The lowest BCUT2D eigenvalue weighted by atomic mass is 10.3. The van der Waals surface area contributed by atoms with Gasteiger partial charge in [0.05, 0.1) is 16.8 Å². The maximum Gasteiger partial charge on any atom is 0.0970 e. The molecule has 1 heterocycles. The molecule has 1 aromatic rings. The van der Waals surface area contributed by atoms with Gasteiger partial charge >= 0.3 is 0 Å². The van der Waals surface area contributed by atoms with Gasteiger partial charge in [0.1, 0.15) is 0 Å². The van der Waals surface area contributed by atoms with Crippen molar-refractivity contribution in [2.75, 3.05) is 0 Å². The quantitative estimate of drug-likeness (QED) is 0.615. The fourth-order valence-corrected chi connectivity index (χ4v) is 1.46. The molecule has 0 N–H and O–H groups in total. The maximum absolute atomic E-state index is 8.26. The van der Waals surface area contributed by atoms with E-state index in [9.17, 15) is 0 Å². The van der Waals surface area contributed by atoms with Crippen molar-refractivity contribution in [3.05, 3.63) is 21.3 Å². The van der Waals surface area contributed by atoms with Crippen molar-refractivity contribution in [2.24, 2.45) is 0 Å². The summed E-state index contributed by atoms with van der Waals surface area (Å²) >= 11 is 7.14. The molecule has 0 amide bonds. The summed E-state index contributed by atoms with van der Waals surface area (Å²) < 4.78 is 0.733. The summed E-state index contributed by atoms with van der Waals surface area (Å²) in [6.07, 6.45) is 0.419. The molecule has 0 bridgehead atoms. The van der Waals surface area contributed by atoms with Gasteiger partial charge in [0.25, 0.3) is 0 Å². The summed E-state index contributed by atoms with van der Waals surface area (Å²) in [6.45, 7) is 0. The van der Waals surface area contributed by atoms with Crippen LogP contribution in [0.4, 0.5) is 0 Å². The number of nitriles is 1. The summed E-state index contributed by atoms with van der Waals surface area (Å²) in [7, 11) is 0. The fourth-order valence-electron chi connectivity index (χ4n) is 0.531. The summed E-state index contributed by atoms with van der Waals surface area (Å²) in [5.74, 6) is 0. The molecular formula is C6H4ClNS. The van der Waals surface area contributed by atoms with Crippen molar-refractivity contribution in [3.63, 3.8) is 0 Å². The van der Waals surface area contributed by atoms with Crippen molar-refractivity contribution < 1.29 is 0 Å². The highest BCUT2D eigenvalue weighted by Crippen LogP contribution is 2.22. The zero-order valence-corrected chi connectivity index (χ0v) is 6.17. The molecule has 0 fully saturated rings. The van der Waals surface area contributed by atoms with E-state index in [1.165, 1.54) is 11.3 Å². The zero-order chi connectivity index (χ0) is 6.69. The topological polar surface area (TPSA) is 23.8 Å². The summed E-state index contributed by atoms with van der Waals surface area (Å²) in [5.41, 5.74) is 0.934. The molecule has 0 aliphatic rings. The number of thiophene rings is 1. The Morgan fingerprint density at radius 1 is 1.78 bits per heavy atom. The van der Waals surface area contributed by atoms with E-state index in [1.807, 2.05) is 17.5 Å². The molecule has 0 aromatic carbocycles. The van der Waals surface area contributed by atoms with E-state index < -0.39 is 0 Å². The van der Waals surface area contributed by atoms with Crippen LogP contribution in [0, 0.1) is 11.3 Å². The first-order chi connectivity index (χ1) is 4.34. The first-order valence-electron chi connectivity index (χ1n) is 2.43. The van der Waals surface area contributed by atoms with Crippen LogP contribution >= 0.6 is 22.9 Å². The highest BCUT2D eigenvalue weighted by atomic mass is 35.5. The maximum atomic E-state index is 8.26. The Labute approximate surface area is 62.5 Å². The van der Waals surface area contributed by atoms with Crippen molar-refractivity contribution in [2.45, 2.75) is 6.42 Å². The number of nitrogens with zero attached hydrogens (tertiary/aromatic N) is 1. The van der Waals surface area contributed by atoms with Crippen molar-refractivity contribution in [1.29, 1.82) is 5.26 Å². The van der Waals surface area contributed by atoms with Gasteiger partial charge < -0.3 is 0 Å². The van der Waals surface area contributed by atoms with E-state index in [2.05, 4.69) is 0 Å². The highest BCUT2D eigenvalue weighted by molar-refractivity contribution is 7.14. The molecule has 3 heteroatoms. The predicted octanol–water partition coefficient (Wildman–Crippen LogP) is 2.47. The molecular weight excluding hydrogens is 154 g/mol. The van der Waals surface area contributed by atoms with Gasteiger partial charge in [-0.2, -0.15) is 5.26 Å². The third kappa shape index (κ3) is 1.44. The smallest absolute Gasteiger partial charge is 0.0970 e. The van der Waals surface area contributed by atoms with Gasteiger partial charge in [-0.25, -0.2) is 0 Å². The van der Waals surface area contributed by atoms with Gasteiger partial charge in [-0.15, -0.1) is 11.3 Å². The van der Waals surface area contributed by atoms with E-state index in [0.29, 0.717) is 6.42 Å². The monoisotopic (exact) mass is 157 g/mol. The Morgan fingerprint density at radius 3 is 3.00 bits per heavy atom. The number of hydrogen-bond donors (Lipinski definition) is 0. The van der Waals surface area contributed by atoms with Crippen LogP contribution in [-0.2, 0) is 6.42 Å². The van der Waals surface area contributed by atoms with Crippen molar-refractivity contribution in [3.8, 4) is 6.07 Å². The molecule has 1 aromatic heterocycles. The van der Waals surface area contributed by atoms with Crippen LogP contribution in [0.25, 0.3) is 0 Å². The first kappa shape index (κ1) is 6.60. The summed E-state index contributed by atoms with van der Waals surface area (Å²) in [4.78, 5) is 0. The van der Waals surface area contributed by atoms with Crippen LogP contribution < -0.4 is 0 Å². The first-order valence-corrected chi connectivity index (χ1v) is 3.69. The van der Waals surface area contributed by atoms with Crippen LogP contribution in [0.1, 0.15) is 5.56 Å². The minimum absolute atomic E-state index is 0.419. The molecule has 0 saturated carbocycles. The SMILES string of the molecule is N#CCc1ccsc1Cl. The number of rotatable bonds is 1. The van der Waals surface area contributed by atoms with E-state index in [-0.39, 0.29) is 0 Å². The minimum Gasteiger partial charge on any atom is -0.198 e. The molecule has 0 unspecified atom stereocenters. The van der Waals surface area contributed by atoms with Crippen LogP contribution in [-0.4, -0.2) is 0 Å². The van der Waals surface area contributed by atoms with Crippen LogP contribution in [0.15, 0.2) is 11.4 Å². The fraction of sp³-hybridized carbons (Fsp3) is 0.167. The Hall–Kier alpha value is -0.520. The third-order valence-electron chi connectivity index (χ3n) is 0.963. The van der Waals surface area contributed by atoms with Gasteiger partial charge in [0.2, 0.25) is 0 Å². The Morgan fingerprint density at radius 2 is 2.56 bits per heavy atom.